The van der Waals surface area contributed by atoms with Crippen molar-refractivity contribution in [3.8, 4) is 17.0 Å². The number of hydrogen-bond acceptors (Lipinski definition) is 10. The lowest BCUT2D eigenvalue weighted by molar-refractivity contribution is 0.302. The van der Waals surface area contributed by atoms with Crippen LogP contribution in [-0.2, 0) is 13.1 Å². The normalized spacial score (nSPS) is 16.7. The lowest BCUT2D eigenvalue weighted by Gasteiger charge is -2.24. The number of allylic oxidation sites excluding steroid dienone is 8. The molecule has 348 valence electrons. The zero-order chi connectivity index (χ0) is 46.2. The maximum absolute atomic E-state index is 14.9. The van der Waals surface area contributed by atoms with Crippen molar-refractivity contribution in [1.29, 1.82) is 0 Å². The number of anilines is 1. The summed E-state index contributed by atoms with van der Waals surface area (Å²) in [7, 11) is 8.37. The molecular formula is C54H68N8O4. The monoisotopic (exact) mass is 893 g/mol. The molecule has 2 aromatic rings. The van der Waals surface area contributed by atoms with Gasteiger partial charge in [0.1, 0.15) is 0 Å². The molecule has 0 saturated carbocycles. The van der Waals surface area contributed by atoms with Gasteiger partial charge in [0.05, 0.1) is 21.7 Å². The SMILES string of the molecule is CN(CCCN=c1cc2c(=O)n(CCCN(C)CC3C=CC=C3)c(=O)c3c(NCCCN(C)CC4C=CC=C4)cc4c(O)n(CCCN(C)CC5C=CC=C5)c(=O)c1c4c3-2)CC1C=CC=C1. The molecule has 12 heteroatoms. The van der Waals surface area contributed by atoms with Crippen LogP contribution in [0.1, 0.15) is 25.7 Å². The second-order valence-electron chi connectivity index (χ2n) is 19.0. The quantitative estimate of drug-likeness (QED) is 0.0617. The third kappa shape index (κ3) is 11.0. The Hall–Kier alpha value is -5.66. The van der Waals surface area contributed by atoms with Crippen molar-refractivity contribution >= 4 is 27.2 Å². The van der Waals surface area contributed by atoms with E-state index in [1.54, 1.807) is 6.07 Å². The highest BCUT2D eigenvalue weighted by Crippen LogP contribution is 2.41. The smallest absolute Gasteiger partial charge is 0.263 e. The van der Waals surface area contributed by atoms with Gasteiger partial charge in [-0.1, -0.05) is 97.2 Å². The summed E-state index contributed by atoms with van der Waals surface area (Å²) in [6.45, 7) is 8.16. The van der Waals surface area contributed by atoms with Crippen LogP contribution in [0.2, 0.25) is 0 Å². The van der Waals surface area contributed by atoms with Crippen LogP contribution in [0.5, 0.6) is 5.88 Å². The van der Waals surface area contributed by atoms with Crippen LogP contribution in [0, 0.1) is 23.7 Å². The number of aromatic nitrogens is 2. The Labute approximate surface area is 388 Å². The molecule has 1 aliphatic heterocycles. The van der Waals surface area contributed by atoms with Crippen LogP contribution in [0.3, 0.4) is 0 Å². The number of nitrogens with zero attached hydrogens (tertiary/aromatic N) is 7. The molecule has 5 aliphatic carbocycles. The molecule has 1 aromatic carbocycles. The first-order valence-corrected chi connectivity index (χ1v) is 24.0. The van der Waals surface area contributed by atoms with E-state index in [9.17, 15) is 19.5 Å². The number of rotatable bonds is 25. The Morgan fingerprint density at radius 2 is 0.985 bits per heavy atom. The molecule has 1 aromatic heterocycles. The highest BCUT2D eigenvalue weighted by molar-refractivity contribution is 6.18. The van der Waals surface area contributed by atoms with Gasteiger partial charge in [0.15, 0.2) is 0 Å². The summed E-state index contributed by atoms with van der Waals surface area (Å²) in [5.41, 5.74) is 0.135. The molecular weight excluding hydrogens is 825 g/mol. The Morgan fingerprint density at radius 1 is 0.545 bits per heavy atom. The zero-order valence-corrected chi connectivity index (χ0v) is 39.3. The van der Waals surface area contributed by atoms with E-state index in [0.29, 0.717) is 99.9 Å². The van der Waals surface area contributed by atoms with Crippen molar-refractivity contribution in [3.63, 3.8) is 0 Å². The number of hydrogen-bond donors (Lipinski definition) is 2. The fourth-order valence-electron chi connectivity index (χ4n) is 10.1. The summed E-state index contributed by atoms with van der Waals surface area (Å²) < 4.78 is 2.85. The zero-order valence-electron chi connectivity index (χ0n) is 39.3. The van der Waals surface area contributed by atoms with Crippen LogP contribution in [0.25, 0.3) is 32.7 Å². The lowest BCUT2D eigenvalue weighted by Crippen LogP contribution is -2.38. The van der Waals surface area contributed by atoms with E-state index in [4.69, 9.17) is 4.99 Å². The molecule has 0 amide bonds. The average Bonchev–Trinajstić information content (AvgIpc) is 4.16. The van der Waals surface area contributed by atoms with Crippen molar-refractivity contribution in [2.45, 2.75) is 38.8 Å². The summed E-state index contributed by atoms with van der Waals surface area (Å²) in [4.78, 5) is 58.7. The van der Waals surface area contributed by atoms with E-state index in [2.05, 4.69) is 150 Å². The topological polar surface area (TPSA) is 119 Å². The maximum atomic E-state index is 14.9. The van der Waals surface area contributed by atoms with Crippen molar-refractivity contribution in [2.24, 2.45) is 28.7 Å². The van der Waals surface area contributed by atoms with Gasteiger partial charge < -0.3 is 30.0 Å². The number of nitrogens with one attached hydrogen (secondary N) is 1. The van der Waals surface area contributed by atoms with Gasteiger partial charge in [-0.05, 0) is 92.2 Å². The number of aromatic hydroxyl groups is 1. The van der Waals surface area contributed by atoms with Crippen LogP contribution in [0.4, 0.5) is 5.69 Å². The van der Waals surface area contributed by atoms with Gasteiger partial charge in [-0.2, -0.15) is 0 Å². The lowest BCUT2D eigenvalue weighted by atomic mass is 9.89. The number of pyridine rings is 2. The van der Waals surface area contributed by atoms with Crippen molar-refractivity contribution in [3.05, 3.63) is 146 Å². The summed E-state index contributed by atoms with van der Waals surface area (Å²) in [5, 5.41) is 17.8. The molecule has 0 bridgehead atoms. The predicted octanol–water partition coefficient (Wildman–Crippen LogP) is 5.93. The maximum Gasteiger partial charge on any atom is 0.263 e. The first-order valence-electron chi connectivity index (χ1n) is 24.0. The van der Waals surface area contributed by atoms with Gasteiger partial charge in [0.25, 0.3) is 16.7 Å². The molecule has 2 heterocycles. The Kier molecular flexibility index (Phi) is 15.4. The van der Waals surface area contributed by atoms with E-state index in [1.807, 2.05) is 6.07 Å². The van der Waals surface area contributed by atoms with Gasteiger partial charge in [0.2, 0.25) is 5.88 Å². The molecule has 0 atom stereocenters. The molecule has 0 fully saturated rings. The van der Waals surface area contributed by atoms with Crippen LogP contribution in [0.15, 0.2) is 129 Å². The van der Waals surface area contributed by atoms with E-state index in [1.165, 1.54) is 9.13 Å². The molecule has 0 saturated heterocycles. The molecule has 2 N–H and O–H groups in total. The average molecular weight is 893 g/mol. The first kappa shape index (κ1) is 46.9. The molecule has 12 nitrogen and oxygen atoms in total. The van der Waals surface area contributed by atoms with Crippen molar-refractivity contribution < 1.29 is 5.11 Å². The Morgan fingerprint density at radius 3 is 1.48 bits per heavy atom. The van der Waals surface area contributed by atoms with Gasteiger partial charge in [-0.25, -0.2) is 0 Å². The van der Waals surface area contributed by atoms with Crippen LogP contribution in [-0.4, -0.2) is 127 Å². The molecule has 8 rings (SSSR count). The summed E-state index contributed by atoms with van der Waals surface area (Å²) in [6.07, 6.45) is 36.9. The minimum atomic E-state index is -0.402. The molecule has 0 unspecified atom stereocenters. The summed E-state index contributed by atoms with van der Waals surface area (Å²) in [6, 6.07) is 3.57. The Bertz CT molecular complexity index is 2740. The van der Waals surface area contributed by atoms with Gasteiger partial charge in [0, 0.05) is 98.1 Å². The van der Waals surface area contributed by atoms with Crippen molar-refractivity contribution in [2.75, 3.05) is 99.0 Å². The van der Waals surface area contributed by atoms with Gasteiger partial charge >= 0.3 is 0 Å². The second kappa shape index (κ2) is 21.8. The fraction of sp³-hybridized carbons (Fsp3) is 0.444. The minimum absolute atomic E-state index is 0.166. The van der Waals surface area contributed by atoms with Crippen LogP contribution < -0.4 is 27.4 Å². The predicted molar refractivity (Wildman–Crippen MR) is 271 cm³/mol. The summed E-state index contributed by atoms with van der Waals surface area (Å²) >= 11 is 0. The molecule has 6 aliphatic rings. The van der Waals surface area contributed by atoms with E-state index in [0.717, 1.165) is 58.7 Å². The summed E-state index contributed by atoms with van der Waals surface area (Å²) in [5.74, 6) is 1.31. The van der Waals surface area contributed by atoms with Gasteiger partial charge in [-0.3, -0.25) is 28.5 Å². The first-order chi connectivity index (χ1) is 32.0. The molecule has 0 radical (unpaired) electrons. The van der Waals surface area contributed by atoms with Crippen LogP contribution >= 0.6 is 0 Å². The van der Waals surface area contributed by atoms with E-state index in [-0.39, 0.29) is 24.5 Å². The standard InChI is InChI=1S/C54H68N8O4/c1-57(35-39-17-5-6-18-39)27-13-25-55-45-33-43-48-47-44(52(64)61(53(65)49(45)47)31-15-29-59(3)37-41-21-9-10-22-41)34-46(56-26-14-28-58(2)36-40-19-7-8-20-40)50(48)54(66)62(51(43)63)32-16-30-60(4)38-42-23-11-12-24-42/h5-12,17-24,33-34,39-42,55,63H,13-16,25-32,35-38H2,1-4H3. The third-order valence-corrected chi connectivity index (χ3v) is 13.5. The largest absolute Gasteiger partial charge is 0.494 e. The fourth-order valence-corrected chi connectivity index (χ4v) is 10.1. The van der Waals surface area contributed by atoms with E-state index < -0.39 is 11.1 Å². The molecule has 66 heavy (non-hydrogen) atoms. The third-order valence-electron chi connectivity index (χ3n) is 13.5. The second-order valence-corrected chi connectivity index (χ2v) is 19.0. The van der Waals surface area contributed by atoms with Crippen molar-refractivity contribution in [1.82, 2.24) is 28.7 Å². The highest BCUT2D eigenvalue weighted by atomic mass is 16.3. The van der Waals surface area contributed by atoms with E-state index >= 15 is 0 Å². The highest BCUT2D eigenvalue weighted by Gasteiger charge is 2.29. The minimum Gasteiger partial charge on any atom is -0.494 e. The number of benzene rings is 2. The Balaban J connectivity index is 1.17. The molecule has 0 spiro atoms. The van der Waals surface area contributed by atoms with Gasteiger partial charge in [-0.15, -0.1) is 0 Å².